The Bertz CT molecular complexity index is 1160. The van der Waals surface area contributed by atoms with E-state index in [2.05, 4.69) is 0 Å². The summed E-state index contributed by atoms with van der Waals surface area (Å²) in [4.78, 5) is 40.1. The van der Waals surface area contributed by atoms with Crippen LogP contribution >= 0.6 is 0 Å². The Balaban J connectivity index is 1.85. The Morgan fingerprint density at radius 1 is 0.906 bits per heavy atom. The average molecular weight is 435 g/mol. The van der Waals surface area contributed by atoms with Gasteiger partial charge in [-0.2, -0.15) is 0 Å². The molecule has 8 heteroatoms. The molecule has 2 aromatic carbocycles. The van der Waals surface area contributed by atoms with Gasteiger partial charge in [-0.1, -0.05) is 48.5 Å². The minimum atomic E-state index is -1.17. The Hall–Kier alpha value is -3.65. The molecule has 3 aromatic rings. The number of aromatic carboxylic acids is 1. The van der Waals surface area contributed by atoms with Gasteiger partial charge in [0, 0.05) is 56.1 Å². The van der Waals surface area contributed by atoms with Crippen molar-refractivity contribution >= 4 is 28.7 Å². The number of carbonyl (C=O) groups excluding carboxylic acids is 1. The minimum absolute atomic E-state index is 0.0172. The molecular weight excluding hydrogens is 410 g/mol. The van der Waals surface area contributed by atoms with Crippen molar-refractivity contribution in [1.29, 1.82) is 0 Å². The van der Waals surface area contributed by atoms with Gasteiger partial charge in [0.1, 0.15) is 11.7 Å². The first-order chi connectivity index (χ1) is 15.4. The molecule has 1 aliphatic heterocycles. The highest BCUT2D eigenvalue weighted by atomic mass is 16.4. The Labute approximate surface area is 185 Å². The van der Waals surface area contributed by atoms with E-state index in [9.17, 15) is 24.6 Å². The van der Waals surface area contributed by atoms with Crippen LogP contribution in [0, 0.1) is 0 Å². The van der Waals surface area contributed by atoms with Crippen LogP contribution in [0.1, 0.15) is 34.6 Å². The molecule has 8 nitrogen and oxygen atoms in total. The third-order valence-corrected chi connectivity index (χ3v) is 6.03. The number of carboxylic acid groups (broad SMARTS) is 2. The van der Waals surface area contributed by atoms with E-state index in [1.165, 1.54) is 6.92 Å². The molecule has 32 heavy (non-hydrogen) atoms. The summed E-state index contributed by atoms with van der Waals surface area (Å²) in [6.45, 7) is 3.33. The van der Waals surface area contributed by atoms with E-state index < -0.39 is 18.0 Å². The summed E-state index contributed by atoms with van der Waals surface area (Å²) in [5.41, 5.74) is 1.87. The number of benzene rings is 2. The van der Waals surface area contributed by atoms with Gasteiger partial charge in [-0.05, 0) is 11.6 Å². The number of amides is 1. The van der Waals surface area contributed by atoms with Crippen LogP contribution in [-0.2, 0) is 16.1 Å². The molecule has 0 spiro atoms. The first-order valence-electron chi connectivity index (χ1n) is 10.5. The van der Waals surface area contributed by atoms with Gasteiger partial charge >= 0.3 is 11.9 Å². The van der Waals surface area contributed by atoms with Crippen LogP contribution in [0.2, 0.25) is 0 Å². The molecule has 0 aliphatic carbocycles. The standard InChI is InChI=1S/C24H25N3O5/c1-16(28)25-11-13-26(14-12-25)21(23(29)30)20-18-9-5-6-10-19(18)27(22(20)24(31)32)15-17-7-3-2-4-8-17/h2-10,21H,11-15H2,1H3,(H,29,30)(H,31,32). The maximum Gasteiger partial charge on any atom is 0.352 e. The Kier molecular flexibility index (Phi) is 5.96. The molecule has 0 saturated carbocycles. The zero-order valence-corrected chi connectivity index (χ0v) is 17.8. The molecule has 166 valence electrons. The third-order valence-electron chi connectivity index (χ3n) is 6.03. The van der Waals surface area contributed by atoms with Crippen molar-refractivity contribution in [2.24, 2.45) is 0 Å². The molecule has 1 atom stereocenters. The summed E-state index contributed by atoms with van der Waals surface area (Å²) < 4.78 is 1.68. The maximum atomic E-state index is 12.5. The zero-order valence-electron chi connectivity index (χ0n) is 17.8. The molecule has 4 rings (SSSR count). The number of nitrogens with zero attached hydrogens (tertiary/aromatic N) is 3. The van der Waals surface area contributed by atoms with Crippen molar-refractivity contribution in [3.8, 4) is 0 Å². The summed E-state index contributed by atoms with van der Waals surface area (Å²) in [6.07, 6.45) is 0. The zero-order chi connectivity index (χ0) is 22.8. The molecular formula is C24H25N3O5. The summed E-state index contributed by atoms with van der Waals surface area (Å²) >= 11 is 0. The van der Waals surface area contributed by atoms with Gasteiger partial charge < -0.3 is 19.7 Å². The Morgan fingerprint density at radius 2 is 1.53 bits per heavy atom. The van der Waals surface area contributed by atoms with Gasteiger partial charge in [-0.3, -0.25) is 14.5 Å². The monoisotopic (exact) mass is 435 g/mol. The fourth-order valence-electron chi connectivity index (χ4n) is 4.53. The van der Waals surface area contributed by atoms with E-state index >= 15 is 0 Å². The van der Waals surface area contributed by atoms with E-state index in [0.29, 0.717) is 43.6 Å². The normalized spacial score (nSPS) is 15.6. The van der Waals surface area contributed by atoms with Gasteiger partial charge in [0.2, 0.25) is 5.91 Å². The number of hydrogen-bond donors (Lipinski definition) is 2. The molecule has 1 amide bonds. The van der Waals surface area contributed by atoms with Gasteiger partial charge in [0.05, 0.1) is 0 Å². The lowest BCUT2D eigenvalue weighted by Gasteiger charge is -2.37. The first kappa shape index (κ1) is 21.6. The molecule has 1 unspecified atom stereocenters. The van der Waals surface area contributed by atoms with E-state index in [0.717, 1.165) is 5.56 Å². The number of piperazine rings is 1. The number of rotatable bonds is 6. The predicted octanol–water partition coefficient (Wildman–Crippen LogP) is 2.68. The second kappa shape index (κ2) is 8.84. The van der Waals surface area contributed by atoms with E-state index in [1.807, 2.05) is 42.5 Å². The lowest BCUT2D eigenvalue weighted by Crippen LogP contribution is -2.50. The first-order valence-corrected chi connectivity index (χ1v) is 10.5. The van der Waals surface area contributed by atoms with Crippen LogP contribution in [0.25, 0.3) is 10.9 Å². The van der Waals surface area contributed by atoms with Gasteiger partial charge in [-0.25, -0.2) is 4.79 Å². The van der Waals surface area contributed by atoms with Crippen LogP contribution in [0.3, 0.4) is 0 Å². The molecule has 1 aromatic heterocycles. The molecule has 1 aliphatic rings. The smallest absolute Gasteiger partial charge is 0.352 e. The quantitative estimate of drug-likeness (QED) is 0.617. The molecule has 1 fully saturated rings. The Morgan fingerprint density at radius 3 is 2.12 bits per heavy atom. The molecule has 2 N–H and O–H groups in total. The van der Waals surface area contributed by atoms with Crippen LogP contribution in [-0.4, -0.2) is 68.6 Å². The highest BCUT2D eigenvalue weighted by Crippen LogP contribution is 2.35. The van der Waals surface area contributed by atoms with Crippen LogP contribution in [0.5, 0.6) is 0 Å². The number of aromatic nitrogens is 1. The molecule has 1 saturated heterocycles. The van der Waals surface area contributed by atoms with E-state index in [1.54, 1.807) is 26.5 Å². The predicted molar refractivity (Wildman–Crippen MR) is 119 cm³/mol. The summed E-state index contributed by atoms with van der Waals surface area (Å²) in [6, 6.07) is 15.6. The number of aliphatic carboxylic acids is 1. The van der Waals surface area contributed by atoms with Crippen LogP contribution in [0.15, 0.2) is 54.6 Å². The van der Waals surface area contributed by atoms with Crippen molar-refractivity contribution in [2.45, 2.75) is 19.5 Å². The van der Waals surface area contributed by atoms with Crippen LogP contribution < -0.4 is 0 Å². The van der Waals surface area contributed by atoms with Gasteiger partial charge in [-0.15, -0.1) is 0 Å². The van der Waals surface area contributed by atoms with Crippen molar-refractivity contribution in [1.82, 2.24) is 14.4 Å². The van der Waals surface area contributed by atoms with E-state index in [-0.39, 0.29) is 17.2 Å². The minimum Gasteiger partial charge on any atom is -0.480 e. The summed E-state index contributed by atoms with van der Waals surface area (Å²) in [5.74, 6) is -2.32. The van der Waals surface area contributed by atoms with Gasteiger partial charge in [0.25, 0.3) is 0 Å². The van der Waals surface area contributed by atoms with Gasteiger partial charge in [0.15, 0.2) is 0 Å². The molecule has 0 radical (unpaired) electrons. The molecule has 0 bridgehead atoms. The van der Waals surface area contributed by atoms with Crippen molar-refractivity contribution < 1.29 is 24.6 Å². The summed E-state index contributed by atoms with van der Waals surface area (Å²) in [5, 5.41) is 21.0. The van der Waals surface area contributed by atoms with Crippen molar-refractivity contribution in [3.63, 3.8) is 0 Å². The van der Waals surface area contributed by atoms with Crippen molar-refractivity contribution in [3.05, 3.63) is 71.4 Å². The number of carboxylic acids is 2. The van der Waals surface area contributed by atoms with E-state index in [4.69, 9.17) is 0 Å². The highest BCUT2D eigenvalue weighted by Gasteiger charge is 2.37. The van der Waals surface area contributed by atoms with Crippen molar-refractivity contribution in [2.75, 3.05) is 26.2 Å². The lowest BCUT2D eigenvalue weighted by atomic mass is 10.00. The topological polar surface area (TPSA) is 103 Å². The summed E-state index contributed by atoms with van der Waals surface area (Å²) in [7, 11) is 0. The third kappa shape index (κ3) is 3.97. The van der Waals surface area contributed by atoms with Crippen LogP contribution in [0.4, 0.5) is 0 Å². The number of para-hydroxylation sites is 1. The molecule has 2 heterocycles. The largest absolute Gasteiger partial charge is 0.480 e. The second-order valence-corrected chi connectivity index (χ2v) is 7.94. The number of fused-ring (bicyclic) bond motifs is 1. The lowest BCUT2D eigenvalue weighted by molar-refractivity contribution is -0.144. The fraction of sp³-hybridized carbons (Fsp3) is 0.292. The fourth-order valence-corrected chi connectivity index (χ4v) is 4.53. The average Bonchev–Trinajstić information content (AvgIpc) is 3.09. The maximum absolute atomic E-state index is 12.5. The SMILES string of the molecule is CC(=O)N1CCN(C(C(=O)O)c2c(C(=O)O)n(Cc3ccccc3)c3ccccc23)CC1. The highest BCUT2D eigenvalue weighted by molar-refractivity contribution is 6.01. The second-order valence-electron chi connectivity index (χ2n) is 7.94. The number of hydrogen-bond acceptors (Lipinski definition) is 4. The number of carbonyl (C=O) groups is 3.